The van der Waals surface area contributed by atoms with Crippen molar-refractivity contribution in [1.82, 2.24) is 0 Å². The van der Waals surface area contributed by atoms with Crippen molar-refractivity contribution in [3.05, 3.63) is 69.6 Å². The number of nitrogens with zero attached hydrogens (tertiary/aromatic N) is 4. The summed E-state index contributed by atoms with van der Waals surface area (Å²) < 4.78 is 12.2. The van der Waals surface area contributed by atoms with Crippen LogP contribution >= 0.6 is 0 Å². The van der Waals surface area contributed by atoms with Crippen LogP contribution in [0.4, 0.5) is 0 Å². The van der Waals surface area contributed by atoms with Crippen LogP contribution in [0, 0.1) is 33.7 Å². The third kappa shape index (κ3) is 2.72. The third-order valence-electron chi connectivity index (χ3n) is 4.63. The molecule has 2 aromatic rings. The van der Waals surface area contributed by atoms with Crippen LogP contribution < -0.4 is 10.7 Å². The molecule has 0 amide bonds. The van der Waals surface area contributed by atoms with E-state index >= 15 is 0 Å². The molecule has 6 nitrogen and oxygen atoms in total. The van der Waals surface area contributed by atoms with Crippen molar-refractivity contribution in [3.8, 4) is 12.4 Å². The molecule has 0 spiro atoms. The maximum atomic E-state index is 9.21. The van der Waals surface area contributed by atoms with Crippen LogP contribution in [0.1, 0.15) is 26.3 Å². The van der Waals surface area contributed by atoms with Gasteiger partial charge >= 0.3 is 0 Å². The zero-order chi connectivity index (χ0) is 19.9. The molecule has 136 valence electrons. The van der Waals surface area contributed by atoms with Gasteiger partial charge < -0.3 is 8.83 Å². The predicted molar refractivity (Wildman–Crippen MR) is 102 cm³/mol. The number of hydrogen-bond acceptors (Lipinski definition) is 6. The van der Waals surface area contributed by atoms with Gasteiger partial charge in [-0.25, -0.2) is 0 Å². The van der Waals surface area contributed by atoms with E-state index in [-0.39, 0.29) is 16.2 Å². The second-order valence-corrected chi connectivity index (χ2v) is 7.44. The molecule has 0 unspecified atom stereocenters. The van der Waals surface area contributed by atoms with E-state index in [0.29, 0.717) is 32.7 Å². The Labute approximate surface area is 160 Å². The largest absolute Gasteiger partial charge is 0.447 e. The van der Waals surface area contributed by atoms with Gasteiger partial charge in [-0.15, -0.1) is 0 Å². The zero-order valence-corrected chi connectivity index (χ0v) is 15.6. The molecule has 6 heteroatoms. The SMILES string of the molecule is CC(C)(C)c1ccc2oc3c(=NC#N)c4ccccc4c(=NC#N)c=3oc2c1. The molecule has 0 saturated carbocycles. The van der Waals surface area contributed by atoms with Crippen LogP contribution in [0.15, 0.2) is 61.3 Å². The van der Waals surface area contributed by atoms with Gasteiger partial charge in [0.2, 0.25) is 12.4 Å². The van der Waals surface area contributed by atoms with E-state index in [0.717, 1.165) is 5.56 Å². The average Bonchev–Trinajstić information content (AvgIpc) is 2.68. The highest BCUT2D eigenvalue weighted by Crippen LogP contribution is 2.26. The summed E-state index contributed by atoms with van der Waals surface area (Å²) in [6.45, 7) is 6.33. The van der Waals surface area contributed by atoms with Gasteiger partial charge in [0.05, 0.1) is 0 Å². The minimum Gasteiger partial charge on any atom is -0.447 e. The molecule has 0 N–H and O–H groups in total. The Bertz CT molecular complexity index is 1520. The van der Waals surface area contributed by atoms with Gasteiger partial charge in [-0.2, -0.15) is 20.5 Å². The predicted octanol–water partition coefficient (Wildman–Crippen LogP) is 3.96. The van der Waals surface area contributed by atoms with Crippen LogP contribution in [-0.4, -0.2) is 0 Å². The Hall–Kier alpha value is -3.90. The lowest BCUT2D eigenvalue weighted by molar-refractivity contribution is 0.462. The number of fused-ring (bicyclic) bond motifs is 2. The monoisotopic (exact) mass is 368 g/mol. The highest BCUT2D eigenvalue weighted by atomic mass is 16.4. The van der Waals surface area contributed by atoms with E-state index in [9.17, 15) is 10.5 Å². The van der Waals surface area contributed by atoms with Crippen molar-refractivity contribution in [2.45, 2.75) is 26.2 Å². The van der Waals surface area contributed by atoms with E-state index in [1.54, 1.807) is 0 Å². The van der Waals surface area contributed by atoms with E-state index in [1.807, 2.05) is 54.9 Å². The third-order valence-corrected chi connectivity index (χ3v) is 4.63. The fourth-order valence-corrected chi connectivity index (χ4v) is 3.23. The first-order valence-electron chi connectivity index (χ1n) is 8.72. The first-order chi connectivity index (χ1) is 13.4. The molecule has 1 aliphatic heterocycles. The van der Waals surface area contributed by atoms with Crippen molar-refractivity contribution in [3.63, 3.8) is 0 Å². The molecule has 0 atom stereocenters. The Morgan fingerprint density at radius 3 is 1.82 bits per heavy atom. The standard InChI is InChI=1S/C22H16N4O2/c1-22(2,3)13-8-9-16-17(10-13)28-21-19(26-12-24)15-7-5-4-6-14(15)18(25-11-23)20(21)27-16/h4-10H,1-3H3. The van der Waals surface area contributed by atoms with Gasteiger partial charge in [-0.3, -0.25) is 0 Å². The molecular weight excluding hydrogens is 352 g/mol. The van der Waals surface area contributed by atoms with Crippen LogP contribution in [0.25, 0.3) is 21.9 Å². The Balaban J connectivity index is 2.34. The smallest absolute Gasteiger partial charge is 0.206 e. The van der Waals surface area contributed by atoms with Crippen LogP contribution in [0.5, 0.6) is 0 Å². The highest BCUT2D eigenvalue weighted by Gasteiger charge is 2.16. The van der Waals surface area contributed by atoms with Gasteiger partial charge in [0.15, 0.2) is 22.0 Å². The van der Waals surface area contributed by atoms with Crippen molar-refractivity contribution >= 4 is 21.9 Å². The molecule has 0 fully saturated rings. The van der Waals surface area contributed by atoms with Gasteiger partial charge in [0, 0.05) is 10.8 Å². The van der Waals surface area contributed by atoms with Crippen LogP contribution in [-0.2, 0) is 5.41 Å². The van der Waals surface area contributed by atoms with Crippen molar-refractivity contribution in [2.24, 2.45) is 9.98 Å². The summed E-state index contributed by atoms with van der Waals surface area (Å²) in [4.78, 5) is 7.92. The summed E-state index contributed by atoms with van der Waals surface area (Å²) in [5.74, 6) is 0. The summed E-state index contributed by atoms with van der Waals surface area (Å²) in [6.07, 6.45) is 3.66. The van der Waals surface area contributed by atoms with Gasteiger partial charge in [0.25, 0.3) is 0 Å². The number of nitriles is 2. The lowest BCUT2D eigenvalue weighted by Crippen LogP contribution is -2.17. The summed E-state index contributed by atoms with van der Waals surface area (Å²) >= 11 is 0. The maximum absolute atomic E-state index is 9.21. The first kappa shape index (κ1) is 17.5. The van der Waals surface area contributed by atoms with E-state index in [4.69, 9.17) is 8.83 Å². The minimum absolute atomic E-state index is 0.0663. The molecule has 0 bridgehead atoms. The quantitative estimate of drug-likeness (QED) is 0.439. The van der Waals surface area contributed by atoms with E-state index < -0.39 is 0 Å². The molecule has 0 radical (unpaired) electrons. The van der Waals surface area contributed by atoms with E-state index in [2.05, 4.69) is 30.8 Å². The van der Waals surface area contributed by atoms with Crippen molar-refractivity contribution in [2.75, 3.05) is 0 Å². The molecule has 2 aliphatic rings. The maximum Gasteiger partial charge on any atom is 0.206 e. The molecule has 4 rings (SSSR count). The Kier molecular flexibility index (Phi) is 3.98. The lowest BCUT2D eigenvalue weighted by Gasteiger charge is -2.18. The highest BCUT2D eigenvalue weighted by molar-refractivity contribution is 5.82. The fourth-order valence-electron chi connectivity index (χ4n) is 3.23. The summed E-state index contributed by atoms with van der Waals surface area (Å²) in [5.41, 5.74) is 2.64. The van der Waals surface area contributed by atoms with Crippen LogP contribution in [0.2, 0.25) is 0 Å². The molecule has 0 saturated heterocycles. The fraction of sp³-hybridized carbons (Fsp3) is 0.182. The van der Waals surface area contributed by atoms with Gasteiger partial charge in [0.1, 0.15) is 10.7 Å². The summed E-state index contributed by atoms with van der Waals surface area (Å²) in [5, 5.41) is 20.4. The first-order valence-corrected chi connectivity index (χ1v) is 8.72. The summed E-state index contributed by atoms with van der Waals surface area (Å²) in [7, 11) is 0. The molecule has 2 aromatic carbocycles. The number of hydrogen-bond donors (Lipinski definition) is 0. The van der Waals surface area contributed by atoms with Gasteiger partial charge in [-0.1, -0.05) is 51.1 Å². The Morgan fingerprint density at radius 1 is 0.786 bits per heavy atom. The normalized spacial score (nSPS) is 13.2. The van der Waals surface area contributed by atoms with Gasteiger partial charge in [-0.05, 0) is 23.1 Å². The second kappa shape index (κ2) is 6.37. The molecular formula is C22H16N4O2. The molecule has 28 heavy (non-hydrogen) atoms. The van der Waals surface area contributed by atoms with Crippen LogP contribution in [0.3, 0.4) is 0 Å². The molecule has 1 heterocycles. The van der Waals surface area contributed by atoms with E-state index in [1.165, 1.54) is 0 Å². The average molecular weight is 368 g/mol. The van der Waals surface area contributed by atoms with Crippen molar-refractivity contribution < 1.29 is 8.83 Å². The number of benzene rings is 2. The van der Waals surface area contributed by atoms with Crippen molar-refractivity contribution in [1.29, 1.82) is 10.5 Å². The molecule has 1 aliphatic carbocycles. The topological polar surface area (TPSA) is 98.6 Å². The number of rotatable bonds is 0. The Morgan fingerprint density at radius 2 is 1.32 bits per heavy atom. The molecule has 0 aromatic heterocycles. The second-order valence-electron chi connectivity index (χ2n) is 7.44. The summed E-state index contributed by atoms with van der Waals surface area (Å²) in [6, 6.07) is 13.0. The zero-order valence-electron chi connectivity index (χ0n) is 15.6. The minimum atomic E-state index is -0.0663. The lowest BCUT2D eigenvalue weighted by atomic mass is 9.87.